The number of aliphatic imine (C=N–C) groups is 2. The minimum absolute atomic E-state index is 0.197. The lowest BCUT2D eigenvalue weighted by Crippen LogP contribution is -2.35. The Balaban J connectivity index is 1.07. The number of nitrogens with one attached hydrogen (secondary N) is 1. The Labute approximate surface area is 338 Å². The summed E-state index contributed by atoms with van der Waals surface area (Å²) in [5.41, 5.74) is 15.4. The first kappa shape index (κ1) is 33.4. The summed E-state index contributed by atoms with van der Waals surface area (Å²) < 4.78 is 2.61. The van der Waals surface area contributed by atoms with Crippen molar-refractivity contribution in [2.24, 2.45) is 15.9 Å². The van der Waals surface area contributed by atoms with Gasteiger partial charge in [0.05, 0.1) is 16.7 Å². The van der Waals surface area contributed by atoms with Crippen LogP contribution < -0.4 is 10.2 Å². The van der Waals surface area contributed by atoms with E-state index in [1.54, 1.807) is 0 Å². The van der Waals surface area contributed by atoms with Crippen molar-refractivity contribution < 1.29 is 0 Å². The van der Waals surface area contributed by atoms with Gasteiger partial charge in [-0.25, -0.2) is 9.98 Å². The molecule has 5 nitrogen and oxygen atoms in total. The number of rotatable bonds is 5. The molecule has 0 radical (unpaired) electrons. The summed E-state index contributed by atoms with van der Waals surface area (Å²) in [6.45, 7) is 0. The second-order valence-corrected chi connectivity index (χ2v) is 16.2. The van der Waals surface area contributed by atoms with E-state index in [9.17, 15) is 0 Å². The first-order valence-electron chi connectivity index (χ1n) is 21.0. The van der Waals surface area contributed by atoms with Crippen molar-refractivity contribution in [1.29, 1.82) is 0 Å². The number of fused-ring (bicyclic) bond motifs is 8. The Bertz CT molecular complexity index is 3030. The molecule has 1 aromatic heterocycles. The van der Waals surface area contributed by atoms with Gasteiger partial charge in [-0.05, 0) is 85.2 Å². The molecule has 0 spiro atoms. The molecule has 6 aliphatic rings. The lowest BCUT2D eigenvalue weighted by molar-refractivity contribution is 0.669. The lowest BCUT2D eigenvalue weighted by Gasteiger charge is -2.33. The molecular weight excluding hydrogens is 707 g/mol. The van der Waals surface area contributed by atoms with E-state index in [1.807, 2.05) is 0 Å². The van der Waals surface area contributed by atoms with E-state index in [1.165, 1.54) is 77.6 Å². The van der Waals surface area contributed by atoms with Gasteiger partial charge in [-0.15, -0.1) is 0 Å². The van der Waals surface area contributed by atoms with Crippen LogP contribution in [0.2, 0.25) is 0 Å². The van der Waals surface area contributed by atoms with E-state index in [-0.39, 0.29) is 12.1 Å². The Hall–Kier alpha value is -6.72. The molecule has 0 fully saturated rings. The monoisotopic (exact) mass is 749 g/mol. The largest absolute Gasteiger partial charge is 0.344 e. The van der Waals surface area contributed by atoms with Crippen LogP contribution in [0.15, 0.2) is 190 Å². The molecule has 0 bridgehead atoms. The zero-order chi connectivity index (χ0) is 38.2. The molecule has 5 aromatic carbocycles. The third-order valence-corrected chi connectivity index (χ3v) is 12.9. The third kappa shape index (κ3) is 5.22. The maximum Gasteiger partial charge on any atom is 0.155 e. The lowest BCUT2D eigenvalue weighted by atomic mass is 9.81. The minimum Gasteiger partial charge on any atom is -0.344 e. The van der Waals surface area contributed by atoms with Crippen LogP contribution in [0.1, 0.15) is 61.4 Å². The van der Waals surface area contributed by atoms with E-state index in [0.29, 0.717) is 0 Å². The van der Waals surface area contributed by atoms with Gasteiger partial charge in [0, 0.05) is 55.9 Å². The Morgan fingerprint density at radius 1 is 0.707 bits per heavy atom. The molecule has 0 amide bonds. The highest BCUT2D eigenvalue weighted by Crippen LogP contribution is 2.54. The molecule has 12 rings (SSSR count). The number of amidine groups is 2. The molecule has 4 aliphatic carbocycles. The van der Waals surface area contributed by atoms with Crippen LogP contribution in [-0.2, 0) is 6.42 Å². The van der Waals surface area contributed by atoms with E-state index in [0.717, 1.165) is 67.8 Å². The summed E-state index contributed by atoms with van der Waals surface area (Å²) in [5.74, 6) is 1.94. The van der Waals surface area contributed by atoms with E-state index in [4.69, 9.17) is 9.98 Å². The van der Waals surface area contributed by atoms with Gasteiger partial charge in [0.15, 0.2) is 5.84 Å². The first-order chi connectivity index (χ1) is 28.8. The number of aromatic nitrogens is 1. The minimum atomic E-state index is -0.302. The summed E-state index contributed by atoms with van der Waals surface area (Å²) in [7, 11) is 0. The SMILES string of the molecule is C1=CCCC(C2=NC(c3ccccc3N3C4=Cc5ccccc5CC4C4=C3CCC=C4n3c4ccccc4c4ccc5ccccc5c43)NC(C3=CCCC=C3)=N2)=C1. The molecule has 3 heterocycles. The van der Waals surface area contributed by atoms with Crippen LogP contribution in [0.3, 0.4) is 0 Å². The summed E-state index contributed by atoms with van der Waals surface area (Å²) in [6, 6.07) is 40.4. The number of allylic oxidation sites excluding steroid dienone is 9. The fourth-order valence-corrected chi connectivity index (χ4v) is 10.3. The smallest absolute Gasteiger partial charge is 0.155 e. The van der Waals surface area contributed by atoms with Crippen LogP contribution >= 0.6 is 0 Å². The maximum atomic E-state index is 5.44. The van der Waals surface area contributed by atoms with E-state index >= 15 is 0 Å². The Kier molecular flexibility index (Phi) is 7.75. The average molecular weight is 750 g/mol. The van der Waals surface area contributed by atoms with Gasteiger partial charge in [0.25, 0.3) is 0 Å². The molecule has 280 valence electrons. The van der Waals surface area contributed by atoms with Crippen LogP contribution in [0, 0.1) is 5.92 Å². The molecule has 6 aromatic rings. The maximum absolute atomic E-state index is 5.44. The second-order valence-electron chi connectivity index (χ2n) is 16.2. The average Bonchev–Trinajstić information content (AvgIpc) is 3.81. The topological polar surface area (TPSA) is 44.9 Å². The molecule has 2 unspecified atom stereocenters. The fourth-order valence-electron chi connectivity index (χ4n) is 10.3. The molecule has 0 saturated carbocycles. The van der Waals surface area contributed by atoms with Gasteiger partial charge >= 0.3 is 0 Å². The Morgan fingerprint density at radius 2 is 1.57 bits per heavy atom. The predicted octanol–water partition coefficient (Wildman–Crippen LogP) is 12.5. The highest BCUT2D eigenvalue weighted by molar-refractivity contribution is 6.20. The summed E-state index contributed by atoms with van der Waals surface area (Å²) in [6.07, 6.45) is 25.0. The molecule has 0 saturated heterocycles. The third-order valence-electron chi connectivity index (χ3n) is 12.9. The van der Waals surface area contributed by atoms with Gasteiger partial charge < -0.3 is 14.8 Å². The van der Waals surface area contributed by atoms with Crippen molar-refractivity contribution in [3.8, 4) is 0 Å². The van der Waals surface area contributed by atoms with Crippen LogP contribution in [0.25, 0.3) is 44.4 Å². The number of hydrogen-bond acceptors (Lipinski definition) is 4. The van der Waals surface area contributed by atoms with Crippen molar-refractivity contribution in [2.75, 3.05) is 4.90 Å². The number of anilines is 1. The first-order valence-corrected chi connectivity index (χ1v) is 21.0. The number of hydrogen-bond donors (Lipinski definition) is 1. The predicted molar refractivity (Wildman–Crippen MR) is 242 cm³/mol. The standard InChI is InChI=1S/C53H43N5/c1-3-17-35(18-4-1)51-54-52(36-19-5-2-6-20-36)56-53(55-51)42-25-12-14-27-45(42)57-46-28-15-29-47(49(46)43-32-37-21-7-8-22-38(37)33-48(43)57)58-44-26-13-11-24-40(44)41-31-30-34-16-9-10-23-39(34)50(41)58/h1,3,5,7-14,16-17,19-27,29-31,33,43,53H,2,4,6,15,18,28,32H2,(H,54,55,56). The highest BCUT2D eigenvalue weighted by atomic mass is 15.2. The van der Waals surface area contributed by atoms with Gasteiger partial charge in [-0.3, -0.25) is 0 Å². The molecule has 58 heavy (non-hydrogen) atoms. The second kappa shape index (κ2) is 13.5. The molecule has 1 N–H and O–H groups in total. The van der Waals surface area contributed by atoms with E-state index in [2.05, 4.69) is 173 Å². The van der Waals surface area contributed by atoms with Crippen LogP contribution in [-0.4, -0.2) is 16.2 Å². The van der Waals surface area contributed by atoms with Gasteiger partial charge in [0.1, 0.15) is 12.0 Å². The summed E-state index contributed by atoms with van der Waals surface area (Å²) >= 11 is 0. The quantitative estimate of drug-likeness (QED) is 0.191. The van der Waals surface area contributed by atoms with E-state index < -0.39 is 0 Å². The number of benzene rings is 5. The summed E-state index contributed by atoms with van der Waals surface area (Å²) in [4.78, 5) is 13.3. The molecule has 5 heteroatoms. The van der Waals surface area contributed by atoms with Crippen molar-refractivity contribution in [3.05, 3.63) is 197 Å². The normalized spacial score (nSPS) is 21.1. The van der Waals surface area contributed by atoms with Gasteiger partial charge in [-0.2, -0.15) is 0 Å². The summed E-state index contributed by atoms with van der Waals surface area (Å²) in [5, 5.41) is 8.99. The zero-order valence-electron chi connectivity index (χ0n) is 32.4. The number of nitrogens with zero attached hydrogens (tertiary/aromatic N) is 4. The zero-order valence-corrected chi connectivity index (χ0v) is 32.4. The molecule has 2 atom stereocenters. The fraction of sp³-hybridized carbons (Fsp3) is 0.170. The highest BCUT2D eigenvalue weighted by Gasteiger charge is 2.43. The van der Waals surface area contributed by atoms with Crippen LogP contribution in [0.4, 0.5) is 5.69 Å². The van der Waals surface area contributed by atoms with Gasteiger partial charge in [0.2, 0.25) is 0 Å². The number of para-hydroxylation sites is 2. The molecule has 2 aliphatic heterocycles. The van der Waals surface area contributed by atoms with Crippen molar-refractivity contribution in [2.45, 2.75) is 51.1 Å². The Morgan fingerprint density at radius 3 is 2.48 bits per heavy atom. The van der Waals surface area contributed by atoms with Gasteiger partial charge in [-0.1, -0.05) is 140 Å². The van der Waals surface area contributed by atoms with Crippen molar-refractivity contribution in [3.63, 3.8) is 0 Å². The van der Waals surface area contributed by atoms with Crippen molar-refractivity contribution in [1.82, 2.24) is 9.88 Å². The van der Waals surface area contributed by atoms with Crippen molar-refractivity contribution >= 4 is 61.7 Å². The molecular formula is C53H43N5. The van der Waals surface area contributed by atoms with Crippen LogP contribution in [0.5, 0.6) is 0 Å².